The van der Waals surface area contributed by atoms with E-state index in [1.54, 1.807) is 0 Å². The summed E-state index contributed by atoms with van der Waals surface area (Å²) < 4.78 is 37.3. The van der Waals surface area contributed by atoms with Crippen molar-refractivity contribution in [2.24, 2.45) is 5.92 Å². The molecule has 0 aliphatic carbocycles. The zero-order valence-electron chi connectivity index (χ0n) is 10.0. The summed E-state index contributed by atoms with van der Waals surface area (Å²) in [5.41, 5.74) is -0.913. The summed E-state index contributed by atoms with van der Waals surface area (Å²) in [5, 5.41) is 2.87. The van der Waals surface area contributed by atoms with Gasteiger partial charge in [0.25, 0.3) is 0 Å². The molecule has 0 spiro atoms. The predicted molar refractivity (Wildman–Crippen MR) is 61.1 cm³/mol. The second-order valence-corrected chi connectivity index (χ2v) is 4.56. The van der Waals surface area contributed by atoms with Crippen molar-refractivity contribution < 1.29 is 13.2 Å². The Hall–Kier alpha value is -1.37. The van der Waals surface area contributed by atoms with E-state index in [4.69, 9.17) is 0 Å². The van der Waals surface area contributed by atoms with Gasteiger partial charge in [0.1, 0.15) is 5.69 Å². The Morgan fingerprint density at radius 3 is 2.89 bits per heavy atom. The molecular formula is C11H15F3N4. The SMILES string of the molecule is CN1CCC(CNc2nccc(C(F)(F)F)n2)C1. The van der Waals surface area contributed by atoms with E-state index in [1.807, 2.05) is 7.05 Å². The van der Waals surface area contributed by atoms with Crippen molar-refractivity contribution in [3.05, 3.63) is 18.0 Å². The molecule has 0 amide bonds. The van der Waals surface area contributed by atoms with E-state index in [0.29, 0.717) is 12.5 Å². The van der Waals surface area contributed by atoms with Crippen LogP contribution in [0, 0.1) is 5.92 Å². The Morgan fingerprint density at radius 2 is 2.28 bits per heavy atom. The molecule has 0 radical (unpaired) electrons. The van der Waals surface area contributed by atoms with Crippen molar-refractivity contribution >= 4 is 5.95 Å². The fourth-order valence-corrected chi connectivity index (χ4v) is 2.03. The van der Waals surface area contributed by atoms with Crippen LogP contribution in [0.5, 0.6) is 0 Å². The Bertz CT molecular complexity index is 408. The standard InChI is InChI=1S/C11H15F3N4/c1-18-5-3-8(7-18)6-16-10-15-4-2-9(17-10)11(12,13)14/h2,4,8H,3,5-7H2,1H3,(H,15,16,17). The van der Waals surface area contributed by atoms with Crippen molar-refractivity contribution in [1.29, 1.82) is 0 Å². The van der Waals surface area contributed by atoms with Gasteiger partial charge in [-0.2, -0.15) is 13.2 Å². The number of anilines is 1. The van der Waals surface area contributed by atoms with Gasteiger partial charge in [-0.1, -0.05) is 0 Å². The molecule has 0 saturated carbocycles. The van der Waals surface area contributed by atoms with Gasteiger partial charge in [0.05, 0.1) is 0 Å². The molecule has 2 rings (SSSR count). The topological polar surface area (TPSA) is 41.0 Å². The van der Waals surface area contributed by atoms with Crippen molar-refractivity contribution in [1.82, 2.24) is 14.9 Å². The van der Waals surface area contributed by atoms with Gasteiger partial charge < -0.3 is 10.2 Å². The first-order valence-electron chi connectivity index (χ1n) is 5.78. The van der Waals surface area contributed by atoms with Crippen LogP contribution in [0.1, 0.15) is 12.1 Å². The van der Waals surface area contributed by atoms with Crippen LogP contribution in [0.4, 0.5) is 19.1 Å². The largest absolute Gasteiger partial charge is 0.433 e. The molecule has 4 nitrogen and oxygen atoms in total. The third-order valence-electron chi connectivity index (χ3n) is 2.98. The summed E-state index contributed by atoms with van der Waals surface area (Å²) in [5.74, 6) is 0.479. The summed E-state index contributed by atoms with van der Waals surface area (Å²) in [6, 6.07) is 0.870. The molecular weight excluding hydrogens is 245 g/mol. The Balaban J connectivity index is 1.93. The van der Waals surface area contributed by atoms with Crippen LogP contribution in [0.15, 0.2) is 12.3 Å². The molecule has 1 fully saturated rings. The highest BCUT2D eigenvalue weighted by atomic mass is 19.4. The van der Waals surface area contributed by atoms with Gasteiger partial charge in [-0.15, -0.1) is 0 Å². The third-order valence-corrected chi connectivity index (χ3v) is 2.98. The van der Waals surface area contributed by atoms with Gasteiger partial charge in [-0.3, -0.25) is 0 Å². The van der Waals surface area contributed by atoms with Crippen molar-refractivity contribution in [2.75, 3.05) is 32.0 Å². The Kier molecular flexibility index (Phi) is 3.70. The van der Waals surface area contributed by atoms with E-state index < -0.39 is 11.9 Å². The quantitative estimate of drug-likeness (QED) is 0.900. The summed E-state index contributed by atoms with van der Waals surface area (Å²) >= 11 is 0. The number of hydrogen-bond acceptors (Lipinski definition) is 4. The van der Waals surface area contributed by atoms with Crippen LogP contribution in [0.25, 0.3) is 0 Å². The van der Waals surface area contributed by atoms with E-state index in [1.165, 1.54) is 0 Å². The second kappa shape index (κ2) is 5.09. The van der Waals surface area contributed by atoms with E-state index in [-0.39, 0.29) is 5.95 Å². The van der Waals surface area contributed by atoms with E-state index in [9.17, 15) is 13.2 Å². The molecule has 0 aromatic carbocycles. The molecule has 1 unspecified atom stereocenters. The minimum absolute atomic E-state index is 0.0411. The third kappa shape index (κ3) is 3.32. The number of likely N-dealkylation sites (tertiary alicyclic amines) is 1. The van der Waals surface area contributed by atoms with E-state index in [2.05, 4.69) is 20.2 Å². The maximum atomic E-state index is 12.4. The maximum absolute atomic E-state index is 12.4. The highest BCUT2D eigenvalue weighted by Crippen LogP contribution is 2.27. The summed E-state index contributed by atoms with van der Waals surface area (Å²) in [6.45, 7) is 2.58. The van der Waals surface area contributed by atoms with Crippen molar-refractivity contribution in [3.63, 3.8) is 0 Å². The first kappa shape index (κ1) is 13.1. The van der Waals surface area contributed by atoms with Crippen LogP contribution < -0.4 is 5.32 Å². The summed E-state index contributed by atoms with van der Waals surface area (Å²) in [4.78, 5) is 9.45. The fourth-order valence-electron chi connectivity index (χ4n) is 2.03. The average molecular weight is 260 g/mol. The molecule has 1 N–H and O–H groups in total. The van der Waals surface area contributed by atoms with Gasteiger partial charge in [0, 0.05) is 19.3 Å². The number of hydrogen-bond donors (Lipinski definition) is 1. The molecule has 1 aromatic heterocycles. The van der Waals surface area contributed by atoms with Gasteiger partial charge in [-0.25, -0.2) is 9.97 Å². The molecule has 1 aliphatic rings. The minimum atomic E-state index is -4.42. The van der Waals surface area contributed by atoms with Gasteiger partial charge in [0.2, 0.25) is 5.95 Å². The lowest BCUT2D eigenvalue weighted by molar-refractivity contribution is -0.141. The number of nitrogens with zero attached hydrogens (tertiary/aromatic N) is 3. The first-order chi connectivity index (χ1) is 8.45. The molecule has 0 bridgehead atoms. The zero-order valence-corrected chi connectivity index (χ0v) is 10.0. The summed E-state index contributed by atoms with van der Waals surface area (Å²) in [6.07, 6.45) is -2.26. The lowest BCUT2D eigenvalue weighted by Gasteiger charge is -2.12. The van der Waals surface area contributed by atoms with Crippen LogP contribution in [-0.2, 0) is 6.18 Å². The molecule has 1 atom stereocenters. The van der Waals surface area contributed by atoms with E-state index >= 15 is 0 Å². The molecule has 100 valence electrons. The van der Waals surface area contributed by atoms with Crippen molar-refractivity contribution in [3.8, 4) is 0 Å². The highest BCUT2D eigenvalue weighted by molar-refractivity contribution is 5.26. The van der Waals surface area contributed by atoms with Crippen LogP contribution in [-0.4, -0.2) is 41.5 Å². The number of alkyl halides is 3. The van der Waals surface area contributed by atoms with Crippen LogP contribution in [0.3, 0.4) is 0 Å². The highest BCUT2D eigenvalue weighted by Gasteiger charge is 2.32. The number of aromatic nitrogens is 2. The van der Waals surface area contributed by atoms with Crippen LogP contribution in [0.2, 0.25) is 0 Å². The summed E-state index contributed by atoms with van der Waals surface area (Å²) in [7, 11) is 2.03. The predicted octanol–water partition coefficient (Wildman–Crippen LogP) is 1.86. The molecule has 1 aromatic rings. The normalized spacial score (nSPS) is 21.2. The first-order valence-corrected chi connectivity index (χ1v) is 5.78. The molecule has 1 aliphatic heterocycles. The minimum Gasteiger partial charge on any atom is -0.354 e. The fraction of sp³-hybridized carbons (Fsp3) is 0.636. The van der Waals surface area contributed by atoms with Crippen molar-refractivity contribution in [2.45, 2.75) is 12.6 Å². The monoisotopic (exact) mass is 260 g/mol. The second-order valence-electron chi connectivity index (χ2n) is 4.56. The average Bonchev–Trinajstić information content (AvgIpc) is 2.72. The Labute approximate surface area is 103 Å². The lowest BCUT2D eigenvalue weighted by Crippen LogP contribution is -2.20. The van der Waals surface area contributed by atoms with E-state index in [0.717, 1.165) is 31.8 Å². The number of rotatable bonds is 3. The van der Waals surface area contributed by atoms with Crippen LogP contribution >= 0.6 is 0 Å². The Morgan fingerprint density at radius 1 is 1.50 bits per heavy atom. The lowest BCUT2D eigenvalue weighted by atomic mass is 10.1. The molecule has 18 heavy (non-hydrogen) atoms. The maximum Gasteiger partial charge on any atom is 0.433 e. The van der Waals surface area contributed by atoms with Gasteiger partial charge >= 0.3 is 6.18 Å². The smallest absolute Gasteiger partial charge is 0.354 e. The molecule has 7 heteroatoms. The molecule has 1 saturated heterocycles. The number of halogens is 3. The number of nitrogens with one attached hydrogen (secondary N) is 1. The zero-order chi connectivity index (χ0) is 13.2. The molecule has 2 heterocycles. The van der Waals surface area contributed by atoms with Gasteiger partial charge in [-0.05, 0) is 32.0 Å². The van der Waals surface area contributed by atoms with Gasteiger partial charge in [0.15, 0.2) is 0 Å².